The maximum Gasteiger partial charge on any atom is 0.270 e. The van der Waals surface area contributed by atoms with Crippen molar-refractivity contribution in [3.8, 4) is 5.88 Å². The van der Waals surface area contributed by atoms with Crippen molar-refractivity contribution in [1.29, 1.82) is 0 Å². The van der Waals surface area contributed by atoms with E-state index in [4.69, 9.17) is 10.5 Å². The first kappa shape index (κ1) is 26.4. The second-order valence-corrected chi connectivity index (χ2v) is 10.2. The van der Waals surface area contributed by atoms with Gasteiger partial charge in [-0.15, -0.1) is 0 Å². The van der Waals surface area contributed by atoms with E-state index in [-0.39, 0.29) is 23.8 Å². The van der Waals surface area contributed by atoms with E-state index in [1.165, 1.54) is 12.4 Å². The molecule has 2 fully saturated rings. The van der Waals surface area contributed by atoms with E-state index in [1.54, 1.807) is 30.3 Å². The molecule has 2 saturated carbocycles. The van der Waals surface area contributed by atoms with Gasteiger partial charge in [0.2, 0.25) is 11.8 Å². The van der Waals surface area contributed by atoms with Crippen LogP contribution in [0.2, 0.25) is 0 Å². The molecule has 2 aromatic heterocycles. The number of hydrogen-bond acceptors (Lipinski definition) is 7. The van der Waals surface area contributed by atoms with Gasteiger partial charge in [0.25, 0.3) is 5.91 Å². The van der Waals surface area contributed by atoms with Gasteiger partial charge in [-0.25, -0.2) is 4.98 Å². The Kier molecular flexibility index (Phi) is 8.25. The molecule has 198 valence electrons. The molecule has 0 radical (unpaired) electrons. The molecule has 4 N–H and O–H groups in total. The predicted octanol–water partition coefficient (Wildman–Crippen LogP) is 2.90. The molecular formula is C27H37N7O3. The summed E-state index contributed by atoms with van der Waals surface area (Å²) in [5.74, 6) is 0.898. The summed E-state index contributed by atoms with van der Waals surface area (Å²) in [7, 11) is 1.56. The van der Waals surface area contributed by atoms with Gasteiger partial charge in [-0.05, 0) is 81.9 Å². The van der Waals surface area contributed by atoms with Crippen molar-refractivity contribution >= 4 is 18.0 Å². The van der Waals surface area contributed by atoms with Crippen LogP contribution in [0.25, 0.3) is 0 Å². The number of hydrogen-bond donors (Lipinski definition) is 3. The molecule has 2 aliphatic carbocycles. The SMILES string of the molecule is COc1ncc(C)cc1CN=CC(=CN)NC(=O)C(NC(=O)c1ccnn1C(C)C)C(C1CC1)C1CC1. The summed E-state index contributed by atoms with van der Waals surface area (Å²) in [6.45, 7) is 6.19. The normalized spacial score (nSPS) is 16.9. The van der Waals surface area contributed by atoms with E-state index in [0.29, 0.717) is 35.7 Å². The van der Waals surface area contributed by atoms with Crippen LogP contribution in [0.1, 0.15) is 67.2 Å². The second-order valence-electron chi connectivity index (χ2n) is 10.2. The molecule has 0 saturated heterocycles. The zero-order valence-corrected chi connectivity index (χ0v) is 22.0. The first-order valence-corrected chi connectivity index (χ1v) is 12.9. The molecule has 0 aromatic carbocycles. The lowest BCUT2D eigenvalue weighted by Crippen LogP contribution is -2.52. The van der Waals surface area contributed by atoms with E-state index >= 15 is 0 Å². The van der Waals surface area contributed by atoms with Crippen LogP contribution in [0.4, 0.5) is 0 Å². The van der Waals surface area contributed by atoms with Gasteiger partial charge >= 0.3 is 0 Å². The third-order valence-corrected chi connectivity index (χ3v) is 6.87. The van der Waals surface area contributed by atoms with Crippen LogP contribution in [-0.2, 0) is 11.3 Å². The minimum Gasteiger partial charge on any atom is -0.481 e. The zero-order valence-electron chi connectivity index (χ0n) is 22.0. The first-order valence-electron chi connectivity index (χ1n) is 12.9. The first-order chi connectivity index (χ1) is 17.8. The highest BCUT2D eigenvalue weighted by atomic mass is 16.5. The monoisotopic (exact) mass is 507 g/mol. The topological polar surface area (TPSA) is 137 Å². The molecule has 4 rings (SSSR count). The molecular weight excluding hydrogens is 470 g/mol. The van der Waals surface area contributed by atoms with Crippen LogP contribution in [-0.4, -0.2) is 45.9 Å². The fraction of sp³-hybridized carbons (Fsp3) is 0.519. The number of methoxy groups -OCH3 is 1. The minimum absolute atomic E-state index is 0.0240. The number of rotatable bonds is 12. The highest BCUT2D eigenvalue weighted by Gasteiger charge is 2.48. The Balaban J connectivity index is 1.49. The number of aromatic nitrogens is 3. The number of aryl methyl sites for hydroxylation is 1. The lowest BCUT2D eigenvalue weighted by atomic mass is 9.88. The number of pyridine rings is 1. The molecule has 37 heavy (non-hydrogen) atoms. The maximum atomic E-state index is 13.6. The predicted molar refractivity (Wildman–Crippen MR) is 141 cm³/mol. The number of nitrogens with zero attached hydrogens (tertiary/aromatic N) is 4. The fourth-order valence-corrected chi connectivity index (χ4v) is 4.84. The van der Waals surface area contributed by atoms with E-state index in [9.17, 15) is 9.59 Å². The van der Waals surface area contributed by atoms with Gasteiger partial charge in [0, 0.05) is 36.4 Å². The maximum absolute atomic E-state index is 13.6. The van der Waals surface area contributed by atoms with E-state index in [1.807, 2.05) is 26.8 Å². The van der Waals surface area contributed by atoms with Gasteiger partial charge in [0.05, 0.1) is 19.4 Å². The van der Waals surface area contributed by atoms with Crippen molar-refractivity contribution in [2.45, 2.75) is 65.1 Å². The number of allylic oxidation sites excluding steroid dienone is 1. The van der Waals surface area contributed by atoms with Crippen molar-refractivity contribution in [2.75, 3.05) is 7.11 Å². The van der Waals surface area contributed by atoms with Crippen LogP contribution < -0.4 is 21.1 Å². The Morgan fingerprint density at radius 3 is 2.57 bits per heavy atom. The van der Waals surface area contributed by atoms with Crippen molar-refractivity contribution < 1.29 is 14.3 Å². The summed E-state index contributed by atoms with van der Waals surface area (Å²) in [5, 5.41) is 10.2. The van der Waals surface area contributed by atoms with E-state index in [2.05, 4.69) is 25.7 Å². The van der Waals surface area contributed by atoms with Crippen LogP contribution in [0, 0.1) is 24.7 Å². The van der Waals surface area contributed by atoms with Crippen molar-refractivity contribution in [1.82, 2.24) is 25.4 Å². The van der Waals surface area contributed by atoms with Gasteiger partial charge in [-0.3, -0.25) is 19.3 Å². The lowest BCUT2D eigenvalue weighted by molar-refractivity contribution is -0.123. The number of amides is 2. The Morgan fingerprint density at radius 2 is 1.97 bits per heavy atom. The molecule has 10 nitrogen and oxygen atoms in total. The van der Waals surface area contributed by atoms with Crippen LogP contribution >= 0.6 is 0 Å². The molecule has 2 aromatic rings. The molecule has 10 heteroatoms. The van der Waals surface area contributed by atoms with Crippen LogP contribution in [0.15, 0.2) is 41.4 Å². The van der Waals surface area contributed by atoms with Gasteiger partial charge in [-0.1, -0.05) is 0 Å². The lowest BCUT2D eigenvalue weighted by Gasteiger charge is -2.27. The number of ether oxygens (including phenoxy) is 1. The third-order valence-electron chi connectivity index (χ3n) is 6.87. The van der Waals surface area contributed by atoms with E-state index < -0.39 is 6.04 Å². The molecule has 1 atom stereocenters. The number of aliphatic imine (C=N–C) groups is 1. The highest BCUT2D eigenvalue weighted by Crippen LogP contribution is 2.50. The molecule has 0 spiro atoms. The Bertz CT molecular complexity index is 1170. The molecule has 0 bridgehead atoms. The standard InChI is InChI=1S/C27H37N7O3/c1-16(2)34-22(9-10-31-34)25(35)33-24(23(18-5-6-18)19-7-8-19)26(36)32-21(12-28)15-29-14-20-11-17(3)13-30-27(20)37-4/h9-13,15-16,18-19,23-24H,5-8,14,28H2,1-4H3,(H,32,36)(H,33,35). The summed E-state index contributed by atoms with van der Waals surface area (Å²) in [5.41, 5.74) is 8.46. The van der Waals surface area contributed by atoms with Gasteiger partial charge in [0.15, 0.2) is 0 Å². The summed E-state index contributed by atoms with van der Waals surface area (Å²) in [6.07, 6.45) is 10.5. The van der Waals surface area contributed by atoms with Gasteiger partial charge < -0.3 is 21.1 Å². The van der Waals surface area contributed by atoms with Crippen molar-refractivity contribution in [2.24, 2.45) is 28.5 Å². The Morgan fingerprint density at radius 1 is 1.27 bits per heavy atom. The summed E-state index contributed by atoms with van der Waals surface area (Å²) in [4.78, 5) is 35.6. The second kappa shape index (κ2) is 11.6. The molecule has 2 aliphatic rings. The number of nitrogens with one attached hydrogen (secondary N) is 2. The summed E-state index contributed by atoms with van der Waals surface area (Å²) < 4.78 is 6.98. The van der Waals surface area contributed by atoms with Gasteiger partial charge in [0.1, 0.15) is 11.7 Å². The largest absolute Gasteiger partial charge is 0.481 e. The van der Waals surface area contributed by atoms with Crippen LogP contribution in [0.3, 0.4) is 0 Å². The van der Waals surface area contributed by atoms with Gasteiger partial charge in [-0.2, -0.15) is 5.10 Å². The fourth-order valence-electron chi connectivity index (χ4n) is 4.84. The molecule has 2 heterocycles. The Labute approximate surface area is 217 Å². The smallest absolute Gasteiger partial charge is 0.270 e. The summed E-state index contributed by atoms with van der Waals surface area (Å²) >= 11 is 0. The average molecular weight is 508 g/mol. The number of carbonyl (C=O) groups excluding carboxylic acids is 2. The van der Waals surface area contributed by atoms with Crippen LogP contribution in [0.5, 0.6) is 5.88 Å². The zero-order chi connectivity index (χ0) is 26.5. The summed E-state index contributed by atoms with van der Waals surface area (Å²) in [6, 6.07) is 2.99. The highest BCUT2D eigenvalue weighted by molar-refractivity contribution is 5.98. The number of carbonyl (C=O) groups is 2. The third kappa shape index (κ3) is 6.55. The van der Waals surface area contributed by atoms with E-state index in [0.717, 1.165) is 36.8 Å². The average Bonchev–Trinajstić information content (AvgIpc) is 3.82. The minimum atomic E-state index is -0.674. The molecule has 2 amide bonds. The van der Waals surface area contributed by atoms with Crippen molar-refractivity contribution in [3.05, 3.63) is 53.2 Å². The number of nitrogens with two attached hydrogens (primary N) is 1. The quantitative estimate of drug-likeness (QED) is 0.378. The molecule has 1 unspecified atom stereocenters. The van der Waals surface area contributed by atoms with Crippen molar-refractivity contribution in [3.63, 3.8) is 0 Å². The molecule has 0 aliphatic heterocycles. The Hall–Kier alpha value is -3.69.